The fraction of sp³-hybridized carbons (Fsp3) is 0.458. The Hall–Kier alpha value is -1.87. The lowest BCUT2D eigenvalue weighted by Crippen LogP contribution is -2.41. The summed E-state index contributed by atoms with van der Waals surface area (Å²) in [4.78, 5) is 16.1. The van der Waals surface area contributed by atoms with Crippen molar-refractivity contribution in [2.75, 3.05) is 33.7 Å². The third-order valence-corrected chi connectivity index (χ3v) is 8.35. The van der Waals surface area contributed by atoms with Gasteiger partial charge in [0, 0.05) is 20.6 Å². The second kappa shape index (κ2) is 9.95. The molecule has 8 heteroatoms. The van der Waals surface area contributed by atoms with Crippen LogP contribution in [-0.4, -0.2) is 57.3 Å². The molecule has 1 amide bonds. The van der Waals surface area contributed by atoms with Crippen LogP contribution >= 0.6 is 13.5 Å². The van der Waals surface area contributed by atoms with Gasteiger partial charge in [-0.25, -0.2) is 12.7 Å². The number of benzene rings is 2. The highest BCUT2D eigenvalue weighted by molar-refractivity contribution is 7.89. The fourth-order valence-electron chi connectivity index (χ4n) is 4.37. The van der Waals surface area contributed by atoms with Gasteiger partial charge in [-0.05, 0) is 62.0 Å². The van der Waals surface area contributed by atoms with E-state index in [4.69, 9.17) is 0 Å². The molecular formula is C24H33N3O3S2. The van der Waals surface area contributed by atoms with Gasteiger partial charge in [0.1, 0.15) is 0 Å². The zero-order valence-electron chi connectivity index (χ0n) is 18.8. The molecule has 6 nitrogen and oxygen atoms in total. The number of sulfonamides is 1. The van der Waals surface area contributed by atoms with Crippen molar-refractivity contribution in [3.8, 4) is 0 Å². The lowest BCUT2D eigenvalue weighted by Gasteiger charge is -2.27. The first-order valence-electron chi connectivity index (χ1n) is 10.9. The molecule has 1 heterocycles. The van der Waals surface area contributed by atoms with Crippen LogP contribution in [0.5, 0.6) is 0 Å². The summed E-state index contributed by atoms with van der Waals surface area (Å²) in [6.45, 7) is 2.96. The van der Waals surface area contributed by atoms with Crippen molar-refractivity contribution in [3.63, 3.8) is 0 Å². The highest BCUT2D eigenvalue weighted by Gasteiger charge is 2.51. The van der Waals surface area contributed by atoms with E-state index in [9.17, 15) is 13.2 Å². The minimum Gasteiger partial charge on any atom is -0.347 e. The number of nitrogens with one attached hydrogen (secondary N) is 1. The summed E-state index contributed by atoms with van der Waals surface area (Å²) in [5.74, 6) is 0.0313. The van der Waals surface area contributed by atoms with Crippen LogP contribution in [0.1, 0.15) is 42.9 Å². The Morgan fingerprint density at radius 1 is 1.03 bits per heavy atom. The van der Waals surface area contributed by atoms with Gasteiger partial charge in [-0.15, -0.1) is 0 Å². The van der Waals surface area contributed by atoms with E-state index in [-0.39, 0.29) is 30.3 Å². The predicted molar refractivity (Wildman–Crippen MR) is 132 cm³/mol. The van der Waals surface area contributed by atoms with Crippen LogP contribution in [0.3, 0.4) is 0 Å². The Balaban J connectivity index is 0.00000289. The molecule has 2 aliphatic rings. The SMILES string of the molecule is CN(C)S(=O)(=O)c1ccc(C2(C(=O)N[C@H](CN3CCCC3)c3ccccc3)CC2)cc1.S. The summed E-state index contributed by atoms with van der Waals surface area (Å²) < 4.78 is 25.9. The molecule has 0 aromatic heterocycles. The summed E-state index contributed by atoms with van der Waals surface area (Å²) in [5.41, 5.74) is 1.44. The molecule has 2 aromatic rings. The Labute approximate surface area is 198 Å². The van der Waals surface area contributed by atoms with Crippen molar-refractivity contribution < 1.29 is 13.2 Å². The van der Waals surface area contributed by atoms with E-state index in [0.29, 0.717) is 0 Å². The molecule has 2 aromatic carbocycles. The third kappa shape index (κ3) is 5.03. The number of carbonyl (C=O) groups excluding carboxylic acids is 1. The van der Waals surface area contributed by atoms with Crippen molar-refractivity contribution in [3.05, 3.63) is 65.7 Å². The second-order valence-electron chi connectivity index (χ2n) is 8.84. The number of carbonyl (C=O) groups is 1. The summed E-state index contributed by atoms with van der Waals surface area (Å²) in [6.07, 6.45) is 3.98. The molecule has 1 atom stereocenters. The molecule has 0 spiro atoms. The molecule has 1 saturated heterocycles. The second-order valence-corrected chi connectivity index (χ2v) is 11.0. The number of likely N-dealkylation sites (tertiary alicyclic amines) is 1. The van der Waals surface area contributed by atoms with Gasteiger partial charge in [0.25, 0.3) is 0 Å². The molecular weight excluding hydrogens is 442 g/mol. The normalized spacial score (nSPS) is 18.7. The molecule has 4 rings (SSSR count). The van der Waals surface area contributed by atoms with E-state index >= 15 is 0 Å². The zero-order chi connectivity index (χ0) is 22.1. The molecule has 1 aliphatic carbocycles. The number of hydrogen-bond acceptors (Lipinski definition) is 4. The maximum absolute atomic E-state index is 13.4. The first kappa shape index (κ1) is 24.8. The quantitative estimate of drug-likeness (QED) is 0.637. The number of nitrogens with zero attached hydrogens (tertiary/aromatic N) is 2. The predicted octanol–water partition coefficient (Wildman–Crippen LogP) is 3.03. The first-order chi connectivity index (χ1) is 14.8. The molecule has 1 aliphatic heterocycles. The van der Waals surface area contributed by atoms with Gasteiger partial charge >= 0.3 is 0 Å². The van der Waals surface area contributed by atoms with Gasteiger partial charge in [0.2, 0.25) is 15.9 Å². The molecule has 0 unspecified atom stereocenters. The van der Waals surface area contributed by atoms with Crippen molar-refractivity contribution in [1.29, 1.82) is 0 Å². The molecule has 0 bridgehead atoms. The van der Waals surface area contributed by atoms with Crippen LogP contribution in [0.2, 0.25) is 0 Å². The van der Waals surface area contributed by atoms with E-state index in [1.165, 1.54) is 31.2 Å². The summed E-state index contributed by atoms with van der Waals surface area (Å²) in [6, 6.07) is 16.9. The van der Waals surface area contributed by atoms with Crippen LogP contribution in [0.4, 0.5) is 0 Å². The fourth-order valence-corrected chi connectivity index (χ4v) is 5.27. The van der Waals surface area contributed by atoms with Gasteiger partial charge in [-0.1, -0.05) is 42.5 Å². The van der Waals surface area contributed by atoms with Crippen LogP contribution in [-0.2, 0) is 20.2 Å². The first-order valence-corrected chi connectivity index (χ1v) is 12.4. The molecule has 174 valence electrons. The molecule has 32 heavy (non-hydrogen) atoms. The Kier molecular flexibility index (Phi) is 7.70. The molecule has 2 fully saturated rings. The van der Waals surface area contributed by atoms with Crippen molar-refractivity contribution >= 4 is 29.4 Å². The van der Waals surface area contributed by atoms with Crippen molar-refractivity contribution in [2.24, 2.45) is 0 Å². The smallest absolute Gasteiger partial charge is 0.242 e. The Morgan fingerprint density at radius 2 is 1.62 bits per heavy atom. The van der Waals surface area contributed by atoms with E-state index in [2.05, 4.69) is 22.3 Å². The van der Waals surface area contributed by atoms with Crippen molar-refractivity contribution in [2.45, 2.75) is 42.0 Å². The topological polar surface area (TPSA) is 69.7 Å². The van der Waals surface area contributed by atoms with Gasteiger partial charge in [0.15, 0.2) is 0 Å². The number of hydrogen-bond donors (Lipinski definition) is 1. The van der Waals surface area contributed by atoms with E-state index in [1.807, 2.05) is 18.2 Å². The minimum absolute atomic E-state index is 0. The van der Waals surface area contributed by atoms with Crippen LogP contribution in [0, 0.1) is 0 Å². The van der Waals surface area contributed by atoms with Gasteiger partial charge < -0.3 is 10.2 Å². The largest absolute Gasteiger partial charge is 0.347 e. The molecule has 1 saturated carbocycles. The highest BCUT2D eigenvalue weighted by atomic mass is 32.2. The van der Waals surface area contributed by atoms with Gasteiger partial charge in [0.05, 0.1) is 16.4 Å². The molecule has 1 N–H and O–H groups in total. The lowest BCUT2D eigenvalue weighted by molar-refractivity contribution is -0.124. The van der Waals surface area contributed by atoms with Gasteiger partial charge in [-0.2, -0.15) is 13.5 Å². The standard InChI is InChI=1S/C24H31N3O3S.H2S/c1-26(2)31(29,30)21-12-10-20(11-13-21)24(14-15-24)23(28)25-22(18-27-16-6-7-17-27)19-8-4-3-5-9-19;/h3-5,8-13,22H,6-7,14-18H2,1-2H3,(H,25,28);1H2/t22-;/m1./s1. The summed E-state index contributed by atoms with van der Waals surface area (Å²) >= 11 is 0. The lowest BCUT2D eigenvalue weighted by atomic mass is 9.94. The van der Waals surface area contributed by atoms with Crippen LogP contribution in [0.25, 0.3) is 0 Å². The van der Waals surface area contributed by atoms with Crippen LogP contribution in [0.15, 0.2) is 59.5 Å². The average molecular weight is 476 g/mol. The monoisotopic (exact) mass is 475 g/mol. The highest BCUT2D eigenvalue weighted by Crippen LogP contribution is 2.49. The maximum Gasteiger partial charge on any atom is 0.242 e. The van der Waals surface area contributed by atoms with E-state index < -0.39 is 15.4 Å². The van der Waals surface area contributed by atoms with Crippen molar-refractivity contribution in [1.82, 2.24) is 14.5 Å². The maximum atomic E-state index is 13.4. The van der Waals surface area contributed by atoms with E-state index in [0.717, 1.165) is 43.6 Å². The van der Waals surface area contributed by atoms with Crippen LogP contribution < -0.4 is 5.32 Å². The van der Waals surface area contributed by atoms with E-state index in [1.54, 1.807) is 24.3 Å². The summed E-state index contributed by atoms with van der Waals surface area (Å²) in [7, 11) is -0.446. The number of rotatable bonds is 8. The third-order valence-electron chi connectivity index (χ3n) is 6.52. The Bertz CT molecular complexity index is 1010. The number of amides is 1. The zero-order valence-corrected chi connectivity index (χ0v) is 20.6. The average Bonchev–Trinajstić information content (AvgIpc) is 3.44. The summed E-state index contributed by atoms with van der Waals surface area (Å²) in [5, 5.41) is 3.32. The molecule has 0 radical (unpaired) electrons. The minimum atomic E-state index is -3.48. The Morgan fingerprint density at radius 3 is 2.16 bits per heavy atom. The van der Waals surface area contributed by atoms with Gasteiger partial charge in [-0.3, -0.25) is 4.79 Å².